The van der Waals surface area contributed by atoms with Crippen LogP contribution in [-0.2, 0) is 6.42 Å². The molecule has 1 unspecified atom stereocenters. The smallest absolute Gasteiger partial charge is 0.145 e. The Labute approximate surface area is 112 Å². The summed E-state index contributed by atoms with van der Waals surface area (Å²) in [4.78, 5) is 0. The van der Waals surface area contributed by atoms with E-state index in [1.807, 2.05) is 18.8 Å². The highest BCUT2D eigenvalue weighted by atomic mass is 35.5. The highest BCUT2D eigenvalue weighted by Gasteiger charge is 2.13. The molecule has 0 amide bonds. The lowest BCUT2D eigenvalue weighted by Crippen LogP contribution is -2.31. The van der Waals surface area contributed by atoms with E-state index in [4.69, 9.17) is 11.6 Å². The SMILES string of the molecule is CNC(CSC(C)C)Cc1cccc(Cl)c1F. The second-order valence-electron chi connectivity index (χ2n) is 4.28. The van der Waals surface area contributed by atoms with E-state index in [0.29, 0.717) is 17.2 Å². The van der Waals surface area contributed by atoms with Gasteiger partial charge in [-0.1, -0.05) is 37.6 Å². The summed E-state index contributed by atoms with van der Waals surface area (Å²) in [7, 11) is 1.91. The van der Waals surface area contributed by atoms with Gasteiger partial charge in [0.2, 0.25) is 0 Å². The lowest BCUT2D eigenvalue weighted by molar-refractivity contribution is 0.568. The minimum atomic E-state index is -0.288. The van der Waals surface area contributed by atoms with Gasteiger partial charge in [-0.15, -0.1) is 0 Å². The molecule has 0 aliphatic heterocycles. The van der Waals surface area contributed by atoms with Crippen LogP contribution in [0.3, 0.4) is 0 Å². The molecule has 0 fully saturated rings. The maximum absolute atomic E-state index is 13.7. The molecular weight excluding hydrogens is 257 g/mol. The van der Waals surface area contributed by atoms with Crippen LogP contribution in [0.4, 0.5) is 4.39 Å². The van der Waals surface area contributed by atoms with E-state index >= 15 is 0 Å². The van der Waals surface area contributed by atoms with E-state index in [1.165, 1.54) is 0 Å². The van der Waals surface area contributed by atoms with Crippen LogP contribution in [0.5, 0.6) is 0 Å². The summed E-state index contributed by atoms with van der Waals surface area (Å²) >= 11 is 7.64. The van der Waals surface area contributed by atoms with E-state index in [0.717, 1.165) is 5.75 Å². The maximum atomic E-state index is 13.7. The molecule has 1 rings (SSSR count). The van der Waals surface area contributed by atoms with Crippen molar-refractivity contribution in [1.29, 1.82) is 0 Å². The van der Waals surface area contributed by atoms with Gasteiger partial charge in [0.15, 0.2) is 0 Å². The van der Waals surface area contributed by atoms with Gasteiger partial charge in [0, 0.05) is 11.8 Å². The first kappa shape index (κ1) is 14.8. The summed E-state index contributed by atoms with van der Waals surface area (Å²) in [5.74, 6) is 0.684. The Morgan fingerprint density at radius 2 is 2.12 bits per heavy atom. The van der Waals surface area contributed by atoms with Gasteiger partial charge in [0.1, 0.15) is 5.82 Å². The van der Waals surface area contributed by atoms with Gasteiger partial charge < -0.3 is 5.32 Å². The standard InChI is InChI=1S/C13H19ClFNS/c1-9(2)17-8-11(16-3)7-10-5-4-6-12(14)13(10)15/h4-6,9,11,16H,7-8H2,1-3H3. The van der Waals surface area contributed by atoms with Crippen molar-refractivity contribution in [1.82, 2.24) is 5.32 Å². The van der Waals surface area contributed by atoms with Crippen molar-refractivity contribution in [2.24, 2.45) is 0 Å². The average Bonchev–Trinajstić information content (AvgIpc) is 2.29. The van der Waals surface area contributed by atoms with Crippen LogP contribution < -0.4 is 5.32 Å². The van der Waals surface area contributed by atoms with Crippen LogP contribution in [0.25, 0.3) is 0 Å². The number of thioether (sulfide) groups is 1. The molecule has 0 aliphatic carbocycles. The normalized spacial score (nSPS) is 13.1. The average molecular weight is 276 g/mol. The molecular formula is C13H19ClFNS. The number of halogens is 2. The molecule has 1 atom stereocenters. The zero-order valence-electron chi connectivity index (χ0n) is 10.5. The zero-order valence-corrected chi connectivity index (χ0v) is 12.0. The summed E-state index contributed by atoms with van der Waals surface area (Å²) in [6.45, 7) is 4.33. The first-order chi connectivity index (χ1) is 8.04. The van der Waals surface area contributed by atoms with Gasteiger partial charge >= 0.3 is 0 Å². The summed E-state index contributed by atoms with van der Waals surface area (Å²) in [6, 6.07) is 5.45. The van der Waals surface area contributed by atoms with E-state index in [-0.39, 0.29) is 16.9 Å². The van der Waals surface area contributed by atoms with Crippen molar-refractivity contribution in [3.63, 3.8) is 0 Å². The number of hydrogen-bond donors (Lipinski definition) is 1. The van der Waals surface area contributed by atoms with E-state index in [2.05, 4.69) is 19.2 Å². The molecule has 0 bridgehead atoms. The van der Waals surface area contributed by atoms with Crippen LogP contribution in [0.1, 0.15) is 19.4 Å². The van der Waals surface area contributed by atoms with Gasteiger partial charge in [-0.25, -0.2) is 4.39 Å². The highest BCUT2D eigenvalue weighted by molar-refractivity contribution is 7.99. The lowest BCUT2D eigenvalue weighted by atomic mass is 10.1. The van der Waals surface area contributed by atoms with Crippen molar-refractivity contribution in [3.05, 3.63) is 34.6 Å². The first-order valence-electron chi connectivity index (χ1n) is 5.76. The molecule has 0 aromatic heterocycles. The molecule has 0 aliphatic rings. The fourth-order valence-electron chi connectivity index (χ4n) is 1.52. The van der Waals surface area contributed by atoms with E-state index < -0.39 is 0 Å². The molecule has 0 spiro atoms. The first-order valence-corrected chi connectivity index (χ1v) is 7.19. The van der Waals surface area contributed by atoms with Crippen molar-refractivity contribution in [2.75, 3.05) is 12.8 Å². The second-order valence-corrected chi connectivity index (χ2v) is 6.30. The Kier molecular flexibility index (Phi) is 6.31. The van der Waals surface area contributed by atoms with Crippen molar-refractivity contribution >= 4 is 23.4 Å². The lowest BCUT2D eigenvalue weighted by Gasteiger charge is -2.17. The van der Waals surface area contributed by atoms with Gasteiger partial charge in [0.25, 0.3) is 0 Å². The third-order valence-electron chi connectivity index (χ3n) is 2.54. The number of likely N-dealkylation sites (N-methyl/N-ethyl adjacent to an activating group) is 1. The zero-order chi connectivity index (χ0) is 12.8. The van der Waals surface area contributed by atoms with Gasteiger partial charge in [0.05, 0.1) is 5.02 Å². The molecule has 96 valence electrons. The number of rotatable bonds is 6. The molecule has 4 heteroatoms. The quantitative estimate of drug-likeness (QED) is 0.849. The Morgan fingerprint density at radius 3 is 2.71 bits per heavy atom. The molecule has 0 saturated carbocycles. The summed E-state index contributed by atoms with van der Waals surface area (Å²) in [5, 5.41) is 4.02. The third-order valence-corrected chi connectivity index (χ3v) is 4.09. The fraction of sp³-hybridized carbons (Fsp3) is 0.538. The van der Waals surface area contributed by atoms with Gasteiger partial charge in [-0.2, -0.15) is 11.8 Å². The summed E-state index contributed by atoms with van der Waals surface area (Å²) < 4.78 is 13.7. The summed E-state index contributed by atoms with van der Waals surface area (Å²) in [5.41, 5.74) is 0.682. The molecule has 1 aromatic rings. The Hall–Kier alpha value is -0.250. The Morgan fingerprint density at radius 1 is 1.41 bits per heavy atom. The predicted molar refractivity (Wildman–Crippen MR) is 75.6 cm³/mol. The van der Waals surface area contributed by atoms with Crippen molar-refractivity contribution < 1.29 is 4.39 Å². The minimum Gasteiger partial charge on any atom is -0.316 e. The van der Waals surface area contributed by atoms with Crippen LogP contribution in [0.2, 0.25) is 5.02 Å². The minimum absolute atomic E-state index is 0.203. The molecule has 1 N–H and O–H groups in total. The predicted octanol–water partition coefficient (Wildman–Crippen LogP) is 3.75. The highest BCUT2D eigenvalue weighted by Crippen LogP contribution is 2.20. The van der Waals surface area contributed by atoms with Crippen LogP contribution in [-0.4, -0.2) is 24.1 Å². The maximum Gasteiger partial charge on any atom is 0.145 e. The van der Waals surface area contributed by atoms with Crippen LogP contribution in [0, 0.1) is 5.82 Å². The molecule has 17 heavy (non-hydrogen) atoms. The molecule has 1 aromatic carbocycles. The topological polar surface area (TPSA) is 12.0 Å². The fourth-order valence-corrected chi connectivity index (χ4v) is 2.62. The van der Waals surface area contributed by atoms with E-state index in [1.54, 1.807) is 18.2 Å². The Bertz CT molecular complexity index is 357. The molecule has 0 heterocycles. The van der Waals surface area contributed by atoms with Crippen LogP contribution >= 0.6 is 23.4 Å². The Balaban J connectivity index is 2.64. The molecule has 0 radical (unpaired) electrons. The summed E-state index contributed by atoms with van der Waals surface area (Å²) in [6.07, 6.45) is 0.669. The van der Waals surface area contributed by atoms with E-state index in [9.17, 15) is 4.39 Å². The van der Waals surface area contributed by atoms with Gasteiger partial charge in [-0.3, -0.25) is 0 Å². The molecule has 0 saturated heterocycles. The monoisotopic (exact) mass is 275 g/mol. The second kappa shape index (κ2) is 7.24. The number of hydrogen-bond acceptors (Lipinski definition) is 2. The van der Waals surface area contributed by atoms with Crippen LogP contribution in [0.15, 0.2) is 18.2 Å². The number of benzene rings is 1. The molecule has 1 nitrogen and oxygen atoms in total. The third kappa shape index (κ3) is 4.86. The number of nitrogens with one attached hydrogen (secondary N) is 1. The van der Waals surface area contributed by atoms with Crippen molar-refractivity contribution in [3.8, 4) is 0 Å². The largest absolute Gasteiger partial charge is 0.316 e. The van der Waals surface area contributed by atoms with Crippen molar-refractivity contribution in [2.45, 2.75) is 31.6 Å². The van der Waals surface area contributed by atoms with Gasteiger partial charge in [-0.05, 0) is 30.3 Å².